The van der Waals surface area contributed by atoms with Crippen LogP contribution in [0.25, 0.3) is 0 Å². The number of hydrogen-bond acceptors (Lipinski definition) is 5. The minimum absolute atomic E-state index is 0.0803. The Morgan fingerprint density at radius 3 is 2.72 bits per heavy atom. The van der Waals surface area contributed by atoms with Crippen molar-refractivity contribution in [2.24, 2.45) is 0 Å². The molecule has 1 amide bonds. The Kier molecular flexibility index (Phi) is 7.23. The number of ether oxygens (including phenoxy) is 1. The first-order valence-corrected chi connectivity index (χ1v) is 8.28. The lowest BCUT2D eigenvalue weighted by Crippen LogP contribution is -2.44. The molecule has 1 aliphatic heterocycles. The summed E-state index contributed by atoms with van der Waals surface area (Å²) in [6.07, 6.45) is 2.28. The van der Waals surface area contributed by atoms with Crippen LogP contribution in [0.15, 0.2) is 36.0 Å². The van der Waals surface area contributed by atoms with E-state index < -0.39 is 0 Å². The highest BCUT2D eigenvalue weighted by Crippen LogP contribution is 2.20. The first kappa shape index (κ1) is 18.7. The molecule has 134 valence electrons. The van der Waals surface area contributed by atoms with Crippen LogP contribution in [-0.4, -0.2) is 57.2 Å². The molecule has 6 nitrogen and oxygen atoms in total. The molecule has 2 rings (SSSR count). The van der Waals surface area contributed by atoms with Crippen molar-refractivity contribution in [2.75, 3.05) is 51.3 Å². The zero-order chi connectivity index (χ0) is 18.1. The zero-order valence-electron chi connectivity index (χ0n) is 14.4. The van der Waals surface area contributed by atoms with E-state index >= 15 is 0 Å². The molecule has 1 aliphatic rings. The van der Waals surface area contributed by atoms with E-state index in [9.17, 15) is 14.4 Å². The van der Waals surface area contributed by atoms with Gasteiger partial charge in [-0.3, -0.25) is 4.79 Å². The summed E-state index contributed by atoms with van der Waals surface area (Å²) in [6, 6.07) is 8.63. The van der Waals surface area contributed by atoms with E-state index in [0.717, 1.165) is 0 Å². The maximum absolute atomic E-state index is 13.8. The molecule has 1 aromatic carbocycles. The minimum atomic E-state index is -0.380. The molecule has 0 saturated carbocycles. The molecule has 1 N–H and O–H groups in total. The number of benzene rings is 1. The van der Waals surface area contributed by atoms with Gasteiger partial charge in [-0.15, -0.1) is 0 Å². The lowest BCUT2D eigenvalue weighted by molar-refractivity contribution is -0.117. The lowest BCUT2D eigenvalue weighted by Gasteiger charge is -2.35. The van der Waals surface area contributed by atoms with Crippen LogP contribution in [-0.2, 0) is 9.53 Å². The molecule has 1 saturated heterocycles. The Hall–Kier alpha value is -2.59. The molecule has 7 heteroatoms. The summed E-state index contributed by atoms with van der Waals surface area (Å²) in [4.78, 5) is 15.9. The number of halogens is 1. The largest absolute Gasteiger partial charge is 0.385 e. The molecule has 0 spiro atoms. The van der Waals surface area contributed by atoms with E-state index in [1.807, 2.05) is 21.9 Å². The van der Waals surface area contributed by atoms with Gasteiger partial charge in [-0.05, 0) is 18.6 Å². The number of rotatable bonds is 7. The van der Waals surface area contributed by atoms with Crippen molar-refractivity contribution in [3.05, 3.63) is 41.9 Å². The Morgan fingerprint density at radius 2 is 2.08 bits per heavy atom. The van der Waals surface area contributed by atoms with Crippen molar-refractivity contribution in [3.8, 4) is 6.07 Å². The van der Waals surface area contributed by atoms with E-state index in [0.29, 0.717) is 51.4 Å². The fraction of sp³-hybridized carbons (Fsp3) is 0.444. The normalized spacial score (nSPS) is 15.0. The quantitative estimate of drug-likeness (QED) is 0.460. The number of nitrogens with zero attached hydrogens (tertiary/aromatic N) is 3. The Balaban J connectivity index is 1.88. The number of nitriles is 1. The number of carbonyl (C=O) groups excluding carboxylic acids is 1. The molecule has 1 aromatic rings. The monoisotopic (exact) mass is 346 g/mol. The molecular formula is C18H23FN4O2. The van der Waals surface area contributed by atoms with Crippen LogP contribution in [0.4, 0.5) is 10.1 Å². The highest BCUT2D eigenvalue weighted by Gasteiger charge is 2.19. The SMILES string of the molecule is COCCCNC(=O)/C(C#N)=C\N1CCN(c2ccccc2F)CC1. The van der Waals surface area contributed by atoms with Crippen LogP contribution in [0, 0.1) is 17.1 Å². The van der Waals surface area contributed by atoms with Crippen LogP contribution in [0.5, 0.6) is 0 Å². The molecule has 0 atom stereocenters. The maximum atomic E-state index is 13.8. The summed E-state index contributed by atoms with van der Waals surface area (Å²) in [6.45, 7) is 3.53. The van der Waals surface area contributed by atoms with Crippen molar-refractivity contribution in [1.29, 1.82) is 5.26 Å². The molecular weight excluding hydrogens is 323 g/mol. The molecule has 0 radical (unpaired) electrons. The van der Waals surface area contributed by atoms with Crippen molar-refractivity contribution < 1.29 is 13.9 Å². The van der Waals surface area contributed by atoms with Gasteiger partial charge in [0.1, 0.15) is 17.5 Å². The fourth-order valence-corrected chi connectivity index (χ4v) is 2.63. The van der Waals surface area contributed by atoms with Crippen molar-refractivity contribution >= 4 is 11.6 Å². The molecule has 0 bridgehead atoms. The highest BCUT2D eigenvalue weighted by atomic mass is 19.1. The summed E-state index contributed by atoms with van der Waals surface area (Å²) in [5, 5.41) is 11.9. The number of piperazine rings is 1. The number of hydrogen-bond donors (Lipinski definition) is 1. The van der Waals surface area contributed by atoms with Crippen LogP contribution < -0.4 is 10.2 Å². The first-order valence-electron chi connectivity index (χ1n) is 8.28. The molecule has 25 heavy (non-hydrogen) atoms. The van der Waals surface area contributed by atoms with Crippen molar-refractivity contribution in [1.82, 2.24) is 10.2 Å². The molecule has 0 aliphatic carbocycles. The highest BCUT2D eigenvalue weighted by molar-refractivity contribution is 5.97. The smallest absolute Gasteiger partial charge is 0.263 e. The van der Waals surface area contributed by atoms with Crippen LogP contribution in [0.3, 0.4) is 0 Å². The summed E-state index contributed by atoms with van der Waals surface area (Å²) in [5.41, 5.74) is 0.666. The van der Waals surface area contributed by atoms with Crippen LogP contribution in [0.2, 0.25) is 0 Å². The molecule has 1 fully saturated rings. The van der Waals surface area contributed by atoms with Gasteiger partial charge in [0.25, 0.3) is 5.91 Å². The summed E-state index contributed by atoms with van der Waals surface area (Å²) in [7, 11) is 1.60. The second-order valence-electron chi connectivity index (χ2n) is 5.73. The van der Waals surface area contributed by atoms with E-state index in [4.69, 9.17) is 4.74 Å². The number of amides is 1. The van der Waals surface area contributed by atoms with E-state index in [2.05, 4.69) is 5.32 Å². The molecule has 0 unspecified atom stereocenters. The van der Waals surface area contributed by atoms with Gasteiger partial charge in [-0.2, -0.15) is 5.26 Å². The number of methoxy groups -OCH3 is 1. The van der Waals surface area contributed by atoms with Crippen LogP contribution in [0.1, 0.15) is 6.42 Å². The van der Waals surface area contributed by atoms with Crippen molar-refractivity contribution in [3.63, 3.8) is 0 Å². The summed E-state index contributed by atoms with van der Waals surface area (Å²) < 4.78 is 18.8. The summed E-state index contributed by atoms with van der Waals surface area (Å²) >= 11 is 0. The van der Waals surface area contributed by atoms with Gasteiger partial charge in [-0.1, -0.05) is 12.1 Å². The Bertz CT molecular complexity index is 649. The standard InChI is InChI=1S/C18H23FN4O2/c1-25-12-4-7-21-18(24)15(13-20)14-22-8-10-23(11-9-22)17-6-3-2-5-16(17)19/h2-3,5-6,14H,4,7-12H2,1H3,(H,21,24)/b15-14-. The first-order chi connectivity index (χ1) is 12.2. The second-order valence-corrected chi connectivity index (χ2v) is 5.73. The van der Waals surface area contributed by atoms with Crippen LogP contribution >= 0.6 is 0 Å². The van der Waals surface area contributed by atoms with E-state index in [1.165, 1.54) is 6.07 Å². The van der Waals surface area contributed by atoms with Crippen molar-refractivity contribution in [2.45, 2.75) is 6.42 Å². The van der Waals surface area contributed by atoms with E-state index in [-0.39, 0.29) is 17.3 Å². The summed E-state index contributed by atoms with van der Waals surface area (Å²) in [5.74, 6) is -0.616. The molecule has 0 aromatic heterocycles. The molecule has 1 heterocycles. The topological polar surface area (TPSA) is 68.6 Å². The third kappa shape index (κ3) is 5.47. The van der Waals surface area contributed by atoms with Gasteiger partial charge >= 0.3 is 0 Å². The number of para-hydroxylation sites is 1. The fourth-order valence-electron chi connectivity index (χ4n) is 2.63. The number of carbonyl (C=O) groups is 1. The Labute approximate surface area is 147 Å². The third-order valence-corrected chi connectivity index (χ3v) is 3.99. The maximum Gasteiger partial charge on any atom is 0.263 e. The van der Waals surface area contributed by atoms with Gasteiger partial charge in [0.2, 0.25) is 0 Å². The minimum Gasteiger partial charge on any atom is -0.385 e. The second kappa shape index (κ2) is 9.64. The van der Waals surface area contributed by atoms with Gasteiger partial charge in [0.05, 0.1) is 5.69 Å². The van der Waals surface area contributed by atoms with Gasteiger partial charge in [0, 0.05) is 52.6 Å². The van der Waals surface area contributed by atoms with Gasteiger partial charge in [-0.25, -0.2) is 4.39 Å². The number of anilines is 1. The number of nitrogens with one attached hydrogen (secondary N) is 1. The lowest BCUT2D eigenvalue weighted by atomic mass is 10.2. The average Bonchev–Trinajstić information content (AvgIpc) is 2.64. The van der Waals surface area contributed by atoms with E-state index in [1.54, 1.807) is 25.4 Å². The van der Waals surface area contributed by atoms with Gasteiger partial charge < -0.3 is 19.9 Å². The predicted molar refractivity (Wildman–Crippen MR) is 93.4 cm³/mol. The predicted octanol–water partition coefficient (Wildman–Crippen LogP) is 1.51. The van der Waals surface area contributed by atoms with Gasteiger partial charge in [0.15, 0.2) is 0 Å². The Morgan fingerprint density at radius 1 is 1.36 bits per heavy atom. The average molecular weight is 346 g/mol. The third-order valence-electron chi connectivity index (χ3n) is 3.99. The zero-order valence-corrected chi connectivity index (χ0v) is 14.4.